The van der Waals surface area contributed by atoms with E-state index in [4.69, 9.17) is 11.6 Å². The van der Waals surface area contributed by atoms with Gasteiger partial charge < -0.3 is 0 Å². The molecule has 6 rings (SSSR count). The van der Waals surface area contributed by atoms with Crippen molar-refractivity contribution in [1.82, 2.24) is 0 Å². The molecule has 0 heterocycles. The van der Waals surface area contributed by atoms with Gasteiger partial charge in [0, 0.05) is 10.4 Å². The smallest absolute Gasteiger partial charge is 0.0490 e. The molecule has 0 atom stereocenters. The maximum absolute atomic E-state index is 6.61. The monoisotopic (exact) mass is 388 g/mol. The van der Waals surface area contributed by atoms with Gasteiger partial charge in [-0.25, -0.2) is 0 Å². The molecule has 0 amide bonds. The van der Waals surface area contributed by atoms with Crippen LogP contribution in [-0.2, 0) is 0 Å². The first-order valence-corrected chi connectivity index (χ1v) is 10.2. The van der Waals surface area contributed by atoms with Gasteiger partial charge in [0.2, 0.25) is 0 Å². The molecule has 29 heavy (non-hydrogen) atoms. The van der Waals surface area contributed by atoms with E-state index in [1.807, 2.05) is 12.1 Å². The van der Waals surface area contributed by atoms with Crippen LogP contribution in [0.5, 0.6) is 0 Å². The van der Waals surface area contributed by atoms with Crippen LogP contribution in [0.15, 0.2) is 103 Å². The maximum Gasteiger partial charge on any atom is 0.0490 e. The van der Waals surface area contributed by atoms with Crippen molar-refractivity contribution in [1.29, 1.82) is 0 Å². The first-order valence-electron chi connectivity index (χ1n) is 9.82. The number of rotatable bonds is 1. The fourth-order valence-corrected chi connectivity index (χ4v) is 4.90. The van der Waals surface area contributed by atoms with Crippen LogP contribution in [0.2, 0.25) is 5.02 Å². The van der Waals surface area contributed by atoms with E-state index >= 15 is 0 Å². The fourth-order valence-electron chi connectivity index (χ4n) is 4.61. The Morgan fingerprint density at radius 1 is 0.414 bits per heavy atom. The first kappa shape index (κ1) is 16.6. The summed E-state index contributed by atoms with van der Waals surface area (Å²) in [5.74, 6) is 0. The zero-order valence-corrected chi connectivity index (χ0v) is 16.4. The highest BCUT2D eigenvalue weighted by molar-refractivity contribution is 6.38. The van der Waals surface area contributed by atoms with E-state index in [0.29, 0.717) is 0 Å². The van der Waals surface area contributed by atoms with Gasteiger partial charge in [-0.15, -0.1) is 0 Å². The summed E-state index contributed by atoms with van der Waals surface area (Å²) in [5.41, 5.74) is 2.51. The second-order valence-electron chi connectivity index (χ2n) is 7.50. The SMILES string of the molecule is Clc1cccc2cc(-c3cc4ccccc4c4ccccc34)c3ccccc3c12. The highest BCUT2D eigenvalue weighted by atomic mass is 35.5. The van der Waals surface area contributed by atoms with Crippen molar-refractivity contribution in [2.24, 2.45) is 0 Å². The second-order valence-corrected chi connectivity index (χ2v) is 7.91. The second kappa shape index (κ2) is 6.34. The summed E-state index contributed by atoms with van der Waals surface area (Å²) in [5, 5.41) is 10.6. The Labute approximate surface area is 174 Å². The van der Waals surface area contributed by atoms with Crippen LogP contribution >= 0.6 is 11.6 Å². The topological polar surface area (TPSA) is 0 Å². The molecule has 0 aliphatic carbocycles. The van der Waals surface area contributed by atoms with Crippen LogP contribution in [0, 0.1) is 0 Å². The van der Waals surface area contributed by atoms with Crippen molar-refractivity contribution >= 4 is 54.7 Å². The van der Waals surface area contributed by atoms with E-state index in [1.54, 1.807) is 0 Å². The average molecular weight is 389 g/mol. The molecule has 0 N–H and O–H groups in total. The Hall–Kier alpha value is -3.35. The van der Waals surface area contributed by atoms with Gasteiger partial charge in [-0.05, 0) is 67.0 Å². The lowest BCUT2D eigenvalue weighted by Crippen LogP contribution is -1.88. The largest absolute Gasteiger partial charge is 0.0836 e. The van der Waals surface area contributed by atoms with Gasteiger partial charge in [-0.3, -0.25) is 0 Å². The number of hydrogen-bond donors (Lipinski definition) is 0. The molecule has 0 saturated carbocycles. The molecule has 136 valence electrons. The van der Waals surface area contributed by atoms with E-state index < -0.39 is 0 Å². The summed E-state index contributed by atoms with van der Waals surface area (Å²) in [6.07, 6.45) is 0. The van der Waals surface area contributed by atoms with Crippen molar-refractivity contribution in [3.8, 4) is 11.1 Å². The molecule has 0 fully saturated rings. The molecule has 0 aliphatic rings. The third-order valence-corrected chi connectivity index (χ3v) is 6.21. The van der Waals surface area contributed by atoms with Gasteiger partial charge in [-0.2, -0.15) is 0 Å². The standard InChI is InChI=1S/C28H17Cl/c29-27-15-7-9-19-17-26(23-13-5-6-14-24(23)28(19)27)25-16-18-8-1-2-10-20(18)21-11-3-4-12-22(21)25/h1-17H. The summed E-state index contributed by atoms with van der Waals surface area (Å²) >= 11 is 6.61. The molecule has 0 unspecified atom stereocenters. The Morgan fingerprint density at radius 3 is 1.69 bits per heavy atom. The van der Waals surface area contributed by atoms with Gasteiger partial charge >= 0.3 is 0 Å². The first-order chi connectivity index (χ1) is 14.3. The van der Waals surface area contributed by atoms with Crippen LogP contribution < -0.4 is 0 Å². The summed E-state index contributed by atoms with van der Waals surface area (Å²) in [6, 6.07) is 36.7. The van der Waals surface area contributed by atoms with Crippen LogP contribution in [0.25, 0.3) is 54.2 Å². The zero-order valence-electron chi connectivity index (χ0n) is 15.7. The molecule has 0 nitrogen and oxygen atoms in total. The minimum absolute atomic E-state index is 0.800. The molecule has 0 aromatic heterocycles. The van der Waals surface area contributed by atoms with Crippen LogP contribution in [0.1, 0.15) is 0 Å². The number of halogens is 1. The van der Waals surface area contributed by atoms with E-state index in [-0.39, 0.29) is 0 Å². The molecule has 1 heteroatoms. The third kappa shape index (κ3) is 2.46. The number of fused-ring (bicyclic) bond motifs is 6. The highest BCUT2D eigenvalue weighted by Gasteiger charge is 2.14. The summed E-state index contributed by atoms with van der Waals surface area (Å²) in [6.45, 7) is 0. The van der Waals surface area contributed by atoms with Crippen LogP contribution in [0.3, 0.4) is 0 Å². The molecular weight excluding hydrogens is 372 g/mol. The molecular formula is C28H17Cl. The summed E-state index contributed by atoms with van der Waals surface area (Å²) in [7, 11) is 0. The van der Waals surface area contributed by atoms with Crippen molar-refractivity contribution in [2.75, 3.05) is 0 Å². The molecule has 6 aromatic carbocycles. The van der Waals surface area contributed by atoms with Gasteiger partial charge in [0.25, 0.3) is 0 Å². The van der Waals surface area contributed by atoms with Crippen molar-refractivity contribution in [2.45, 2.75) is 0 Å². The van der Waals surface area contributed by atoms with E-state index in [9.17, 15) is 0 Å². The Balaban J connectivity index is 1.84. The van der Waals surface area contributed by atoms with Gasteiger partial charge in [0.05, 0.1) is 0 Å². The van der Waals surface area contributed by atoms with Crippen molar-refractivity contribution in [3.05, 3.63) is 108 Å². The Kier molecular flexibility index (Phi) is 3.62. The molecule has 0 spiro atoms. The van der Waals surface area contributed by atoms with Gasteiger partial charge in [0.15, 0.2) is 0 Å². The van der Waals surface area contributed by atoms with Crippen LogP contribution in [0.4, 0.5) is 0 Å². The van der Waals surface area contributed by atoms with E-state index in [0.717, 1.165) is 10.4 Å². The molecule has 6 aromatic rings. The minimum atomic E-state index is 0.800. The Morgan fingerprint density at radius 2 is 0.931 bits per heavy atom. The quantitative estimate of drug-likeness (QED) is 0.247. The predicted octanol–water partition coefficient (Wildman–Crippen LogP) is 8.62. The lowest BCUT2D eigenvalue weighted by Gasteiger charge is -2.15. The van der Waals surface area contributed by atoms with E-state index in [1.165, 1.54) is 48.8 Å². The molecule has 0 bridgehead atoms. The van der Waals surface area contributed by atoms with Crippen LogP contribution in [-0.4, -0.2) is 0 Å². The molecule has 0 saturated heterocycles. The zero-order chi connectivity index (χ0) is 19.4. The Bertz CT molecular complexity index is 1560. The van der Waals surface area contributed by atoms with Crippen molar-refractivity contribution < 1.29 is 0 Å². The summed E-state index contributed by atoms with van der Waals surface area (Å²) < 4.78 is 0. The summed E-state index contributed by atoms with van der Waals surface area (Å²) in [4.78, 5) is 0. The minimum Gasteiger partial charge on any atom is -0.0836 e. The lowest BCUT2D eigenvalue weighted by molar-refractivity contribution is 1.71. The molecule has 0 radical (unpaired) electrons. The normalized spacial score (nSPS) is 11.6. The van der Waals surface area contributed by atoms with Crippen molar-refractivity contribution in [3.63, 3.8) is 0 Å². The fraction of sp³-hybridized carbons (Fsp3) is 0. The van der Waals surface area contributed by atoms with Gasteiger partial charge in [-0.1, -0.05) is 96.5 Å². The molecule has 0 aliphatic heterocycles. The number of hydrogen-bond acceptors (Lipinski definition) is 0. The van der Waals surface area contributed by atoms with Gasteiger partial charge in [0.1, 0.15) is 0 Å². The predicted molar refractivity (Wildman–Crippen MR) is 127 cm³/mol. The highest BCUT2D eigenvalue weighted by Crippen LogP contribution is 2.41. The maximum atomic E-state index is 6.61. The lowest BCUT2D eigenvalue weighted by atomic mass is 9.89. The average Bonchev–Trinajstić information content (AvgIpc) is 2.78. The third-order valence-electron chi connectivity index (χ3n) is 5.89. The number of benzene rings is 6. The van der Waals surface area contributed by atoms with E-state index in [2.05, 4.69) is 91.0 Å².